The molecule has 0 spiro atoms. The lowest BCUT2D eigenvalue weighted by molar-refractivity contribution is -0.118. The summed E-state index contributed by atoms with van der Waals surface area (Å²) in [4.78, 5) is 12.2. The van der Waals surface area contributed by atoms with Crippen LogP contribution in [0.2, 0.25) is 0 Å². The van der Waals surface area contributed by atoms with Crippen molar-refractivity contribution >= 4 is 17.7 Å². The van der Waals surface area contributed by atoms with E-state index >= 15 is 0 Å². The largest absolute Gasteiger partial charge is 0.490 e. The van der Waals surface area contributed by atoms with E-state index in [0.717, 1.165) is 35.5 Å². The van der Waals surface area contributed by atoms with Crippen LogP contribution in [0.15, 0.2) is 59.8 Å². The zero-order valence-electron chi connectivity index (χ0n) is 17.1. The molecule has 6 nitrogen and oxygen atoms in total. The third-order valence-electron chi connectivity index (χ3n) is 5.22. The van der Waals surface area contributed by atoms with Gasteiger partial charge in [-0.25, -0.2) is 0 Å². The van der Waals surface area contributed by atoms with E-state index in [1.165, 1.54) is 24.6 Å². The van der Waals surface area contributed by atoms with Crippen molar-refractivity contribution in [1.29, 1.82) is 0 Å². The lowest BCUT2D eigenvalue weighted by Gasteiger charge is -2.13. The molecule has 1 aromatic heterocycles. The second-order valence-corrected chi connectivity index (χ2v) is 8.41. The standard InChI is InChI=1S/C23H26N4O2S/c1-27-22(18-11-13-20(14-12-18)29-19-9-5-6-10-19)25-26-23(27)30-16-21(28)24-15-17-7-3-2-4-8-17/h2-4,7-8,11-14,19H,5-6,9-10,15-16H2,1H3,(H,24,28). The molecule has 1 aliphatic rings. The molecule has 4 rings (SSSR count). The van der Waals surface area contributed by atoms with Crippen molar-refractivity contribution in [1.82, 2.24) is 20.1 Å². The maximum atomic E-state index is 12.2. The summed E-state index contributed by atoms with van der Waals surface area (Å²) in [7, 11) is 1.92. The zero-order chi connectivity index (χ0) is 20.8. The molecule has 1 saturated carbocycles. The summed E-state index contributed by atoms with van der Waals surface area (Å²) in [6.45, 7) is 0.527. The molecule has 1 amide bonds. The molecule has 3 aromatic rings. The minimum atomic E-state index is -0.0261. The first kappa shape index (κ1) is 20.5. The molecule has 0 saturated heterocycles. The number of benzene rings is 2. The smallest absolute Gasteiger partial charge is 0.230 e. The van der Waals surface area contributed by atoms with Crippen LogP contribution in [-0.2, 0) is 18.4 Å². The summed E-state index contributed by atoms with van der Waals surface area (Å²) in [6, 6.07) is 17.9. The fourth-order valence-corrected chi connectivity index (χ4v) is 4.29. The lowest BCUT2D eigenvalue weighted by Crippen LogP contribution is -2.24. The monoisotopic (exact) mass is 422 g/mol. The van der Waals surface area contributed by atoms with Crippen LogP contribution in [0, 0.1) is 0 Å². The topological polar surface area (TPSA) is 69.0 Å². The summed E-state index contributed by atoms with van der Waals surface area (Å²) in [5, 5.41) is 12.2. The number of nitrogens with zero attached hydrogens (tertiary/aromatic N) is 3. The lowest BCUT2D eigenvalue weighted by atomic mass is 10.2. The molecule has 30 heavy (non-hydrogen) atoms. The first-order valence-corrected chi connectivity index (χ1v) is 11.3. The number of nitrogens with one attached hydrogen (secondary N) is 1. The van der Waals surface area contributed by atoms with E-state index in [2.05, 4.69) is 15.5 Å². The fraction of sp³-hybridized carbons (Fsp3) is 0.348. The summed E-state index contributed by atoms with van der Waals surface area (Å²) in [6.07, 6.45) is 5.15. The van der Waals surface area contributed by atoms with E-state index in [0.29, 0.717) is 23.6 Å². The highest BCUT2D eigenvalue weighted by Crippen LogP contribution is 2.27. The maximum Gasteiger partial charge on any atom is 0.230 e. The second kappa shape index (κ2) is 9.80. The van der Waals surface area contributed by atoms with Gasteiger partial charge in [0.05, 0.1) is 11.9 Å². The summed E-state index contributed by atoms with van der Waals surface area (Å²) >= 11 is 1.38. The molecule has 1 aliphatic carbocycles. The van der Waals surface area contributed by atoms with Crippen LogP contribution in [0.1, 0.15) is 31.2 Å². The number of rotatable bonds is 8. The summed E-state index contributed by atoms with van der Waals surface area (Å²) in [5.74, 6) is 1.95. The van der Waals surface area contributed by atoms with Crippen LogP contribution in [0.5, 0.6) is 5.75 Å². The van der Waals surface area contributed by atoms with Crippen LogP contribution in [-0.4, -0.2) is 32.5 Å². The van der Waals surface area contributed by atoms with Crippen LogP contribution in [0.3, 0.4) is 0 Å². The van der Waals surface area contributed by atoms with E-state index in [1.807, 2.05) is 66.2 Å². The molecule has 0 radical (unpaired) electrons. The zero-order valence-corrected chi connectivity index (χ0v) is 17.9. The molecule has 0 aliphatic heterocycles. The van der Waals surface area contributed by atoms with Gasteiger partial charge in [0.15, 0.2) is 11.0 Å². The fourth-order valence-electron chi connectivity index (χ4n) is 3.55. The molecule has 0 bridgehead atoms. The minimum Gasteiger partial charge on any atom is -0.490 e. The number of thioether (sulfide) groups is 1. The molecule has 0 unspecified atom stereocenters. The number of aromatic nitrogens is 3. The summed E-state index contributed by atoms with van der Waals surface area (Å²) in [5.41, 5.74) is 2.06. The Balaban J connectivity index is 1.31. The van der Waals surface area contributed by atoms with Gasteiger partial charge in [0.2, 0.25) is 5.91 Å². The van der Waals surface area contributed by atoms with Gasteiger partial charge in [0.25, 0.3) is 0 Å². The first-order valence-electron chi connectivity index (χ1n) is 10.3. The molecule has 7 heteroatoms. The predicted octanol–water partition coefficient (Wildman–Crippen LogP) is 4.21. The van der Waals surface area contributed by atoms with E-state index in [-0.39, 0.29) is 5.91 Å². The van der Waals surface area contributed by atoms with Crippen molar-refractivity contribution in [2.75, 3.05) is 5.75 Å². The average Bonchev–Trinajstić information content (AvgIpc) is 3.42. The Morgan fingerprint density at radius 1 is 1.10 bits per heavy atom. The molecular formula is C23H26N4O2S. The SMILES string of the molecule is Cn1c(SCC(=O)NCc2ccccc2)nnc1-c1ccc(OC2CCCC2)cc1. The van der Waals surface area contributed by atoms with Crippen molar-refractivity contribution in [3.8, 4) is 17.1 Å². The van der Waals surface area contributed by atoms with E-state index in [9.17, 15) is 4.79 Å². The number of hydrogen-bond acceptors (Lipinski definition) is 5. The van der Waals surface area contributed by atoms with Crippen molar-refractivity contribution in [2.24, 2.45) is 7.05 Å². The predicted molar refractivity (Wildman–Crippen MR) is 118 cm³/mol. The number of carbonyl (C=O) groups excluding carboxylic acids is 1. The Morgan fingerprint density at radius 2 is 1.83 bits per heavy atom. The molecule has 2 aromatic carbocycles. The molecule has 156 valence electrons. The molecule has 1 N–H and O–H groups in total. The molecular weight excluding hydrogens is 396 g/mol. The maximum absolute atomic E-state index is 12.2. The van der Waals surface area contributed by atoms with Crippen LogP contribution < -0.4 is 10.1 Å². The Labute approximate surface area is 181 Å². The van der Waals surface area contributed by atoms with E-state index in [4.69, 9.17) is 4.74 Å². The number of carbonyl (C=O) groups is 1. The number of hydrogen-bond donors (Lipinski definition) is 1. The number of ether oxygens (including phenoxy) is 1. The quantitative estimate of drug-likeness (QED) is 0.551. The van der Waals surface area contributed by atoms with Gasteiger partial charge in [-0.15, -0.1) is 10.2 Å². The van der Waals surface area contributed by atoms with Gasteiger partial charge in [-0.1, -0.05) is 42.1 Å². The third kappa shape index (κ3) is 5.21. The Bertz CT molecular complexity index is 967. The van der Waals surface area contributed by atoms with Crippen molar-refractivity contribution < 1.29 is 9.53 Å². The normalized spacial score (nSPS) is 14.0. The van der Waals surface area contributed by atoms with Gasteiger partial charge in [-0.2, -0.15) is 0 Å². The van der Waals surface area contributed by atoms with Gasteiger partial charge in [-0.05, 0) is 55.5 Å². The van der Waals surface area contributed by atoms with Gasteiger partial charge >= 0.3 is 0 Å². The molecule has 1 fully saturated rings. The van der Waals surface area contributed by atoms with Gasteiger partial charge in [-0.3, -0.25) is 4.79 Å². The Morgan fingerprint density at radius 3 is 2.57 bits per heavy atom. The van der Waals surface area contributed by atoms with Gasteiger partial charge < -0.3 is 14.6 Å². The average molecular weight is 423 g/mol. The van der Waals surface area contributed by atoms with E-state index in [1.54, 1.807) is 0 Å². The number of amides is 1. The highest BCUT2D eigenvalue weighted by atomic mass is 32.2. The van der Waals surface area contributed by atoms with Crippen molar-refractivity contribution in [3.05, 3.63) is 60.2 Å². The minimum absolute atomic E-state index is 0.0261. The molecule has 1 heterocycles. The Kier molecular flexibility index (Phi) is 6.69. The second-order valence-electron chi connectivity index (χ2n) is 7.46. The highest BCUT2D eigenvalue weighted by molar-refractivity contribution is 7.99. The highest BCUT2D eigenvalue weighted by Gasteiger charge is 2.17. The third-order valence-corrected chi connectivity index (χ3v) is 6.24. The van der Waals surface area contributed by atoms with Crippen LogP contribution >= 0.6 is 11.8 Å². The van der Waals surface area contributed by atoms with Crippen molar-refractivity contribution in [2.45, 2.75) is 43.5 Å². The van der Waals surface area contributed by atoms with Gasteiger partial charge in [0, 0.05) is 19.2 Å². The molecule has 0 atom stereocenters. The van der Waals surface area contributed by atoms with Crippen molar-refractivity contribution in [3.63, 3.8) is 0 Å². The van der Waals surface area contributed by atoms with Crippen LogP contribution in [0.25, 0.3) is 11.4 Å². The van der Waals surface area contributed by atoms with E-state index < -0.39 is 0 Å². The van der Waals surface area contributed by atoms with Gasteiger partial charge in [0.1, 0.15) is 5.75 Å². The Hall–Kier alpha value is -2.80. The first-order chi connectivity index (χ1) is 14.7. The van der Waals surface area contributed by atoms with Crippen LogP contribution in [0.4, 0.5) is 0 Å². The summed E-state index contributed by atoms with van der Waals surface area (Å²) < 4.78 is 7.95.